The van der Waals surface area contributed by atoms with Crippen LogP contribution < -0.4 is 4.74 Å². The van der Waals surface area contributed by atoms with E-state index in [1.165, 1.54) is 0 Å². The molecule has 1 aliphatic heterocycles. The molecule has 0 aromatic heterocycles. The summed E-state index contributed by atoms with van der Waals surface area (Å²) in [5.74, 6) is 1.48. The molecule has 1 aromatic rings. The molecule has 18 heavy (non-hydrogen) atoms. The van der Waals surface area contributed by atoms with E-state index in [-0.39, 0.29) is 5.54 Å². The Kier molecular flexibility index (Phi) is 3.16. The number of methoxy groups -OCH3 is 1. The summed E-state index contributed by atoms with van der Waals surface area (Å²) < 4.78 is 11.1. The first-order valence-electron chi connectivity index (χ1n) is 6.01. The number of hydrogen-bond donors (Lipinski definition) is 0. The Morgan fingerprint density at radius 3 is 2.67 bits per heavy atom. The Balaban J connectivity index is 2.60. The zero-order chi connectivity index (χ0) is 13.3. The molecule has 1 heterocycles. The van der Waals surface area contributed by atoms with Crippen molar-refractivity contribution in [3.05, 3.63) is 35.4 Å². The highest BCUT2D eigenvalue weighted by molar-refractivity contribution is 6.01. The fourth-order valence-electron chi connectivity index (χ4n) is 2.09. The van der Waals surface area contributed by atoms with E-state index in [0.29, 0.717) is 12.5 Å². The van der Waals surface area contributed by atoms with Crippen molar-refractivity contribution in [2.75, 3.05) is 13.7 Å². The average Bonchev–Trinajstić information content (AvgIpc) is 2.68. The molecular weight excluding hydrogens is 226 g/mol. The summed E-state index contributed by atoms with van der Waals surface area (Å²) in [6.07, 6.45) is 1.79. The SMILES string of the molecule is C=Cc1c(OC)ccc(C)c1C1=NC(C)(C)CO1. The lowest BCUT2D eigenvalue weighted by atomic mass is 10.0. The molecule has 0 atom stereocenters. The highest BCUT2D eigenvalue weighted by Gasteiger charge is 2.29. The summed E-state index contributed by atoms with van der Waals surface area (Å²) >= 11 is 0. The van der Waals surface area contributed by atoms with Crippen LogP contribution in [0, 0.1) is 6.92 Å². The minimum atomic E-state index is -0.163. The largest absolute Gasteiger partial charge is 0.496 e. The minimum absolute atomic E-state index is 0.163. The van der Waals surface area contributed by atoms with Crippen molar-refractivity contribution in [1.82, 2.24) is 0 Å². The van der Waals surface area contributed by atoms with Crippen LogP contribution in [0.25, 0.3) is 6.08 Å². The van der Waals surface area contributed by atoms with Crippen molar-refractivity contribution in [1.29, 1.82) is 0 Å². The second-order valence-electron chi connectivity index (χ2n) is 5.10. The highest BCUT2D eigenvalue weighted by Crippen LogP contribution is 2.30. The second kappa shape index (κ2) is 4.48. The van der Waals surface area contributed by atoms with Crippen LogP contribution in [-0.2, 0) is 4.74 Å². The first kappa shape index (κ1) is 12.7. The van der Waals surface area contributed by atoms with Gasteiger partial charge in [-0.2, -0.15) is 0 Å². The number of nitrogens with zero attached hydrogens (tertiary/aromatic N) is 1. The molecule has 3 heteroatoms. The molecule has 0 radical (unpaired) electrons. The maximum absolute atomic E-state index is 5.72. The summed E-state index contributed by atoms with van der Waals surface area (Å²) in [5.41, 5.74) is 2.87. The van der Waals surface area contributed by atoms with Crippen molar-refractivity contribution in [2.45, 2.75) is 26.3 Å². The summed E-state index contributed by atoms with van der Waals surface area (Å²) in [6.45, 7) is 10.6. The van der Waals surface area contributed by atoms with Crippen molar-refractivity contribution < 1.29 is 9.47 Å². The lowest BCUT2D eigenvalue weighted by Crippen LogP contribution is -2.17. The first-order valence-corrected chi connectivity index (χ1v) is 6.01. The van der Waals surface area contributed by atoms with Gasteiger partial charge < -0.3 is 9.47 Å². The predicted molar refractivity (Wildman–Crippen MR) is 74.4 cm³/mol. The molecule has 0 saturated heterocycles. The summed E-state index contributed by atoms with van der Waals surface area (Å²) in [6, 6.07) is 3.95. The van der Waals surface area contributed by atoms with E-state index in [1.54, 1.807) is 13.2 Å². The molecule has 0 fully saturated rings. The van der Waals surface area contributed by atoms with Crippen LogP contribution in [0.1, 0.15) is 30.5 Å². The molecule has 1 aliphatic rings. The van der Waals surface area contributed by atoms with Crippen LogP contribution in [0.5, 0.6) is 5.75 Å². The summed E-state index contributed by atoms with van der Waals surface area (Å²) in [7, 11) is 1.66. The number of aryl methyl sites for hydroxylation is 1. The second-order valence-corrected chi connectivity index (χ2v) is 5.10. The molecule has 96 valence electrons. The zero-order valence-electron chi connectivity index (χ0n) is 11.4. The van der Waals surface area contributed by atoms with Gasteiger partial charge in [0.25, 0.3) is 0 Å². The zero-order valence-corrected chi connectivity index (χ0v) is 11.4. The Morgan fingerprint density at radius 1 is 1.44 bits per heavy atom. The standard InChI is InChI=1S/C15H19NO2/c1-6-11-12(17-5)8-7-10(2)13(11)14-16-15(3,4)9-18-14/h6-8H,1,9H2,2-5H3. The van der Waals surface area contributed by atoms with E-state index in [4.69, 9.17) is 9.47 Å². The van der Waals surface area contributed by atoms with Crippen LogP contribution >= 0.6 is 0 Å². The number of rotatable bonds is 3. The van der Waals surface area contributed by atoms with Crippen molar-refractivity contribution in [3.8, 4) is 5.75 Å². The van der Waals surface area contributed by atoms with Gasteiger partial charge in [-0.1, -0.05) is 18.7 Å². The minimum Gasteiger partial charge on any atom is -0.496 e. The molecule has 2 rings (SSSR count). The molecule has 0 bridgehead atoms. The highest BCUT2D eigenvalue weighted by atomic mass is 16.5. The molecule has 0 N–H and O–H groups in total. The topological polar surface area (TPSA) is 30.8 Å². The van der Waals surface area contributed by atoms with Crippen molar-refractivity contribution in [2.24, 2.45) is 4.99 Å². The van der Waals surface area contributed by atoms with Gasteiger partial charge in [0, 0.05) is 5.56 Å². The molecule has 0 spiro atoms. The van der Waals surface area contributed by atoms with Gasteiger partial charge in [0.15, 0.2) is 0 Å². The third kappa shape index (κ3) is 2.13. The van der Waals surface area contributed by atoms with Crippen molar-refractivity contribution >= 4 is 12.0 Å². The van der Waals surface area contributed by atoms with E-state index < -0.39 is 0 Å². The average molecular weight is 245 g/mol. The van der Waals surface area contributed by atoms with E-state index in [9.17, 15) is 0 Å². The summed E-state index contributed by atoms with van der Waals surface area (Å²) in [5, 5.41) is 0. The van der Waals surface area contributed by atoms with Gasteiger partial charge in [0.1, 0.15) is 12.4 Å². The van der Waals surface area contributed by atoms with Crippen LogP contribution in [0.2, 0.25) is 0 Å². The van der Waals surface area contributed by atoms with Crippen LogP contribution in [-0.4, -0.2) is 25.2 Å². The summed E-state index contributed by atoms with van der Waals surface area (Å²) in [4.78, 5) is 4.63. The van der Waals surface area contributed by atoms with Crippen LogP contribution in [0.4, 0.5) is 0 Å². The first-order chi connectivity index (χ1) is 8.48. The fraction of sp³-hybridized carbons (Fsp3) is 0.400. The molecular formula is C15H19NO2. The predicted octanol–water partition coefficient (Wildman–Crippen LogP) is 3.20. The quantitative estimate of drug-likeness (QED) is 0.818. The smallest absolute Gasteiger partial charge is 0.217 e. The van der Waals surface area contributed by atoms with Gasteiger partial charge in [0.2, 0.25) is 5.90 Å². The van der Waals surface area contributed by atoms with Gasteiger partial charge in [0.05, 0.1) is 18.2 Å². The third-order valence-corrected chi connectivity index (χ3v) is 3.02. The number of benzene rings is 1. The van der Waals surface area contributed by atoms with Gasteiger partial charge in [-0.25, -0.2) is 4.99 Å². The van der Waals surface area contributed by atoms with Gasteiger partial charge in [-0.15, -0.1) is 0 Å². The Hall–Kier alpha value is -1.77. The van der Waals surface area contributed by atoms with E-state index in [1.807, 2.05) is 19.1 Å². The van der Waals surface area contributed by atoms with E-state index in [2.05, 4.69) is 25.4 Å². The van der Waals surface area contributed by atoms with E-state index >= 15 is 0 Å². The third-order valence-electron chi connectivity index (χ3n) is 3.02. The maximum atomic E-state index is 5.72. The van der Waals surface area contributed by atoms with Gasteiger partial charge in [-0.3, -0.25) is 0 Å². The van der Waals surface area contributed by atoms with Gasteiger partial charge >= 0.3 is 0 Å². The Bertz CT molecular complexity index is 515. The van der Waals surface area contributed by atoms with Crippen molar-refractivity contribution in [3.63, 3.8) is 0 Å². The molecule has 0 saturated carbocycles. The lowest BCUT2D eigenvalue weighted by Gasteiger charge is -2.13. The van der Waals surface area contributed by atoms with Crippen LogP contribution in [0.15, 0.2) is 23.7 Å². The van der Waals surface area contributed by atoms with E-state index in [0.717, 1.165) is 22.4 Å². The molecule has 1 aromatic carbocycles. The lowest BCUT2D eigenvalue weighted by molar-refractivity contribution is 0.279. The molecule has 0 amide bonds. The number of aliphatic imine (C=N–C) groups is 1. The monoisotopic (exact) mass is 245 g/mol. The number of hydrogen-bond acceptors (Lipinski definition) is 3. The Labute approximate surface area is 108 Å². The molecule has 3 nitrogen and oxygen atoms in total. The van der Waals surface area contributed by atoms with Crippen LogP contribution in [0.3, 0.4) is 0 Å². The number of ether oxygens (including phenoxy) is 2. The Morgan fingerprint density at radius 2 is 2.17 bits per heavy atom. The molecule has 0 aliphatic carbocycles. The normalized spacial score (nSPS) is 17.0. The molecule has 0 unspecified atom stereocenters. The maximum Gasteiger partial charge on any atom is 0.217 e. The fourth-order valence-corrected chi connectivity index (χ4v) is 2.09. The van der Waals surface area contributed by atoms with Gasteiger partial charge in [-0.05, 0) is 32.4 Å².